The molecular formula is C13H13NO3. The number of hydrogen-bond donors (Lipinski definition) is 2. The molecule has 17 heavy (non-hydrogen) atoms. The SMILES string of the molecule is CNC(=O)COc1cc2ccccc2cc1O. The molecule has 0 unspecified atom stereocenters. The lowest BCUT2D eigenvalue weighted by Crippen LogP contribution is -2.24. The van der Waals surface area contributed by atoms with Gasteiger partial charge in [0.2, 0.25) is 0 Å². The first kappa shape index (κ1) is 11.3. The zero-order valence-corrected chi connectivity index (χ0v) is 9.43. The van der Waals surface area contributed by atoms with E-state index in [1.165, 1.54) is 7.05 Å². The van der Waals surface area contributed by atoms with Gasteiger partial charge in [0.1, 0.15) is 0 Å². The van der Waals surface area contributed by atoms with Crippen molar-refractivity contribution < 1.29 is 14.6 Å². The standard InChI is InChI=1S/C13H13NO3/c1-14-13(16)8-17-12-7-10-5-3-2-4-9(10)6-11(12)15/h2-7,15H,8H2,1H3,(H,14,16). The maximum atomic E-state index is 11.0. The first-order valence-corrected chi connectivity index (χ1v) is 5.26. The Balaban J connectivity index is 2.28. The van der Waals surface area contributed by atoms with Crippen LogP contribution in [0.2, 0.25) is 0 Å². The molecule has 2 aromatic rings. The maximum absolute atomic E-state index is 11.0. The Labute approximate surface area is 98.8 Å². The summed E-state index contributed by atoms with van der Waals surface area (Å²) in [5.74, 6) is 0.109. The fourth-order valence-corrected chi connectivity index (χ4v) is 1.54. The van der Waals surface area contributed by atoms with Gasteiger partial charge in [-0.25, -0.2) is 0 Å². The summed E-state index contributed by atoms with van der Waals surface area (Å²) in [5.41, 5.74) is 0. The van der Waals surface area contributed by atoms with E-state index in [0.29, 0.717) is 5.75 Å². The number of benzene rings is 2. The van der Waals surface area contributed by atoms with Crippen molar-refractivity contribution >= 4 is 16.7 Å². The number of phenols is 1. The Bertz CT molecular complexity index is 551. The summed E-state index contributed by atoms with van der Waals surface area (Å²) in [6.07, 6.45) is 0. The first-order valence-electron chi connectivity index (χ1n) is 5.26. The van der Waals surface area contributed by atoms with Gasteiger partial charge in [-0.3, -0.25) is 4.79 Å². The van der Waals surface area contributed by atoms with Crippen LogP contribution in [0.1, 0.15) is 0 Å². The van der Waals surface area contributed by atoms with Gasteiger partial charge in [0.25, 0.3) is 5.91 Å². The number of hydrogen-bond acceptors (Lipinski definition) is 3. The molecule has 2 aromatic carbocycles. The predicted molar refractivity (Wildman–Crippen MR) is 65.2 cm³/mol. The summed E-state index contributed by atoms with van der Waals surface area (Å²) in [4.78, 5) is 11.0. The van der Waals surface area contributed by atoms with E-state index < -0.39 is 0 Å². The molecule has 0 radical (unpaired) electrons. The normalized spacial score (nSPS) is 10.2. The van der Waals surface area contributed by atoms with Crippen LogP contribution in [-0.2, 0) is 4.79 Å². The van der Waals surface area contributed by atoms with E-state index >= 15 is 0 Å². The molecule has 0 heterocycles. The average Bonchev–Trinajstić information content (AvgIpc) is 2.35. The largest absolute Gasteiger partial charge is 0.504 e. The second-order valence-electron chi connectivity index (χ2n) is 3.63. The molecule has 0 aromatic heterocycles. The molecule has 0 aliphatic heterocycles. The lowest BCUT2D eigenvalue weighted by Gasteiger charge is -2.08. The molecule has 2 N–H and O–H groups in total. The van der Waals surface area contributed by atoms with Crippen molar-refractivity contribution in [3.8, 4) is 11.5 Å². The third kappa shape index (κ3) is 2.47. The third-order valence-electron chi connectivity index (χ3n) is 2.46. The smallest absolute Gasteiger partial charge is 0.257 e. The molecule has 1 amide bonds. The lowest BCUT2D eigenvalue weighted by molar-refractivity contribution is -0.122. The van der Waals surface area contributed by atoms with E-state index in [-0.39, 0.29) is 18.3 Å². The number of ether oxygens (including phenoxy) is 1. The number of carbonyl (C=O) groups excluding carboxylic acids is 1. The molecule has 2 rings (SSSR count). The molecule has 4 heteroatoms. The number of carbonyl (C=O) groups is 1. The fraction of sp³-hybridized carbons (Fsp3) is 0.154. The number of rotatable bonds is 3. The Kier molecular flexibility index (Phi) is 3.14. The number of fused-ring (bicyclic) bond motifs is 1. The Morgan fingerprint density at radius 1 is 1.29 bits per heavy atom. The van der Waals surface area contributed by atoms with Crippen molar-refractivity contribution in [2.24, 2.45) is 0 Å². The minimum absolute atomic E-state index is 0.0348. The molecule has 0 aliphatic carbocycles. The highest BCUT2D eigenvalue weighted by atomic mass is 16.5. The molecule has 0 saturated heterocycles. The lowest BCUT2D eigenvalue weighted by atomic mass is 10.1. The van der Waals surface area contributed by atoms with Gasteiger partial charge >= 0.3 is 0 Å². The van der Waals surface area contributed by atoms with Gasteiger partial charge in [0, 0.05) is 7.05 Å². The van der Waals surface area contributed by atoms with Crippen LogP contribution in [0.3, 0.4) is 0 Å². The van der Waals surface area contributed by atoms with Gasteiger partial charge in [-0.15, -0.1) is 0 Å². The highest BCUT2D eigenvalue weighted by Gasteiger charge is 2.06. The minimum atomic E-state index is -0.238. The number of aromatic hydroxyl groups is 1. The van der Waals surface area contributed by atoms with Crippen molar-refractivity contribution in [3.63, 3.8) is 0 Å². The van der Waals surface area contributed by atoms with Gasteiger partial charge < -0.3 is 15.2 Å². The van der Waals surface area contributed by atoms with E-state index in [4.69, 9.17) is 4.74 Å². The van der Waals surface area contributed by atoms with Gasteiger partial charge in [-0.2, -0.15) is 0 Å². The molecule has 88 valence electrons. The molecule has 0 saturated carbocycles. The molecule has 4 nitrogen and oxygen atoms in total. The van der Waals surface area contributed by atoms with Crippen molar-refractivity contribution in [3.05, 3.63) is 36.4 Å². The molecule has 0 atom stereocenters. The quantitative estimate of drug-likeness (QED) is 0.844. The number of nitrogens with one attached hydrogen (secondary N) is 1. The summed E-state index contributed by atoms with van der Waals surface area (Å²) < 4.78 is 5.24. The maximum Gasteiger partial charge on any atom is 0.257 e. The molecule has 0 spiro atoms. The van der Waals surface area contributed by atoms with Crippen molar-refractivity contribution in [1.82, 2.24) is 5.32 Å². The second-order valence-corrected chi connectivity index (χ2v) is 3.63. The summed E-state index contributed by atoms with van der Waals surface area (Å²) in [5, 5.41) is 14.1. The Hall–Kier alpha value is -2.23. The van der Waals surface area contributed by atoms with E-state index in [2.05, 4.69) is 5.32 Å². The van der Waals surface area contributed by atoms with Crippen LogP contribution in [0.4, 0.5) is 0 Å². The predicted octanol–water partition coefficient (Wildman–Crippen LogP) is 1.67. The van der Waals surface area contributed by atoms with Gasteiger partial charge in [-0.05, 0) is 22.9 Å². The summed E-state index contributed by atoms with van der Waals surface area (Å²) in [7, 11) is 1.53. The zero-order chi connectivity index (χ0) is 12.3. The van der Waals surface area contributed by atoms with Crippen molar-refractivity contribution in [1.29, 1.82) is 0 Å². The molecule has 0 bridgehead atoms. The van der Waals surface area contributed by atoms with E-state index in [1.807, 2.05) is 24.3 Å². The number of likely N-dealkylation sites (N-methyl/N-ethyl adjacent to an activating group) is 1. The van der Waals surface area contributed by atoms with Crippen LogP contribution in [0, 0.1) is 0 Å². The number of phenolic OH excluding ortho intramolecular Hbond substituents is 1. The fourth-order valence-electron chi connectivity index (χ4n) is 1.54. The topological polar surface area (TPSA) is 58.6 Å². The minimum Gasteiger partial charge on any atom is -0.504 e. The van der Waals surface area contributed by atoms with Gasteiger partial charge in [0.15, 0.2) is 18.1 Å². The summed E-state index contributed by atoms with van der Waals surface area (Å²) >= 11 is 0. The van der Waals surface area contributed by atoms with Crippen LogP contribution >= 0.6 is 0 Å². The summed E-state index contributed by atoms with van der Waals surface area (Å²) in [6.45, 7) is -0.109. The highest BCUT2D eigenvalue weighted by Crippen LogP contribution is 2.31. The van der Waals surface area contributed by atoms with Gasteiger partial charge in [0.05, 0.1) is 0 Å². The van der Waals surface area contributed by atoms with Crippen molar-refractivity contribution in [2.75, 3.05) is 13.7 Å². The monoisotopic (exact) mass is 231 g/mol. The molecular weight excluding hydrogens is 218 g/mol. The molecule has 0 fully saturated rings. The highest BCUT2D eigenvalue weighted by molar-refractivity contribution is 5.86. The molecule has 0 aliphatic rings. The van der Waals surface area contributed by atoms with Crippen LogP contribution in [0.15, 0.2) is 36.4 Å². The third-order valence-corrected chi connectivity index (χ3v) is 2.46. The van der Waals surface area contributed by atoms with Crippen LogP contribution in [0.25, 0.3) is 10.8 Å². The Morgan fingerprint density at radius 3 is 2.59 bits per heavy atom. The number of amides is 1. The summed E-state index contributed by atoms with van der Waals surface area (Å²) in [6, 6.07) is 11.0. The van der Waals surface area contributed by atoms with E-state index in [9.17, 15) is 9.90 Å². The average molecular weight is 231 g/mol. The zero-order valence-electron chi connectivity index (χ0n) is 9.43. The second kappa shape index (κ2) is 4.74. The van der Waals surface area contributed by atoms with Crippen molar-refractivity contribution in [2.45, 2.75) is 0 Å². The first-order chi connectivity index (χ1) is 8.20. The van der Waals surface area contributed by atoms with Crippen LogP contribution in [-0.4, -0.2) is 24.7 Å². The van der Waals surface area contributed by atoms with Crippen LogP contribution < -0.4 is 10.1 Å². The van der Waals surface area contributed by atoms with E-state index in [0.717, 1.165) is 10.8 Å². The van der Waals surface area contributed by atoms with Gasteiger partial charge in [-0.1, -0.05) is 24.3 Å². The van der Waals surface area contributed by atoms with E-state index in [1.54, 1.807) is 12.1 Å². The Morgan fingerprint density at radius 2 is 1.94 bits per heavy atom. The van der Waals surface area contributed by atoms with Crippen LogP contribution in [0.5, 0.6) is 11.5 Å².